The van der Waals surface area contributed by atoms with Crippen LogP contribution in [0.15, 0.2) is 24.3 Å². The van der Waals surface area contributed by atoms with Crippen molar-refractivity contribution < 1.29 is 4.57 Å². The van der Waals surface area contributed by atoms with E-state index in [-0.39, 0.29) is 0 Å². The van der Waals surface area contributed by atoms with E-state index < -0.39 is 0 Å². The molecule has 0 aliphatic rings. The molecule has 11 heavy (non-hydrogen) atoms. The van der Waals surface area contributed by atoms with E-state index in [1.165, 1.54) is 14.3 Å². The number of rotatable bonds is 0. The molecule has 0 saturated heterocycles. The molecule has 0 N–H and O–H groups in total. The summed E-state index contributed by atoms with van der Waals surface area (Å²) in [4.78, 5) is 0. The van der Waals surface area contributed by atoms with Gasteiger partial charge in [-0.25, -0.2) is 0 Å². The summed E-state index contributed by atoms with van der Waals surface area (Å²) in [5.41, 5.74) is 1.39. The van der Waals surface area contributed by atoms with E-state index in [9.17, 15) is 0 Å². The van der Waals surface area contributed by atoms with Crippen molar-refractivity contribution in [3.05, 3.63) is 28.8 Å². The van der Waals surface area contributed by atoms with Crippen LogP contribution in [0.3, 0.4) is 0 Å². The summed E-state index contributed by atoms with van der Waals surface area (Å²) in [6.45, 7) is 2.21. The number of nitrogens with zero attached hydrogens (tertiary/aromatic N) is 1. The van der Waals surface area contributed by atoms with Crippen LogP contribution in [0.4, 0.5) is 0 Å². The Hall–Kier alpha value is -0.591. The van der Waals surface area contributed by atoms with Gasteiger partial charge in [-0.2, -0.15) is 0 Å². The number of para-hydroxylation sites is 1. The van der Waals surface area contributed by atoms with Gasteiger partial charge in [0.25, 0.3) is 0 Å². The minimum atomic E-state index is 0.575. The van der Waals surface area contributed by atoms with Crippen molar-refractivity contribution in [1.82, 2.24) is 0 Å². The van der Waals surface area contributed by atoms with E-state index in [1.54, 1.807) is 0 Å². The Balaban J connectivity index is 2.92. The van der Waals surface area contributed by atoms with Crippen LogP contribution in [-0.4, -0.2) is 14.5 Å². The molecule has 0 radical (unpaired) electrons. The van der Waals surface area contributed by atoms with Crippen molar-refractivity contribution in [3.8, 4) is 0 Å². The fourth-order valence-electron chi connectivity index (χ4n) is 1.22. The number of hydrogen-bond donors (Lipinski definition) is 0. The Morgan fingerprint density at radius 1 is 1.27 bits per heavy atom. The van der Waals surface area contributed by atoms with Gasteiger partial charge in [-0.15, -0.1) is 0 Å². The predicted molar refractivity (Wildman–Crippen MR) is 46.8 cm³/mol. The fraction of sp³-hybridized carbons (Fsp3) is 0.222. The van der Waals surface area contributed by atoms with Gasteiger partial charge < -0.3 is 0 Å². The minimum absolute atomic E-state index is 0.575. The predicted octanol–water partition coefficient (Wildman–Crippen LogP) is 1.03. The quantitative estimate of drug-likeness (QED) is 0.452. The van der Waals surface area contributed by atoms with E-state index in [0.717, 1.165) is 0 Å². The molecule has 1 aromatic heterocycles. The molecule has 0 fully saturated rings. The Labute approximate surface area is 72.0 Å². The first-order chi connectivity index (χ1) is 5.29. The molecule has 2 heteroatoms. The molecule has 0 amide bonds. The average Bonchev–Trinajstić information content (AvgIpc) is 2.30. The van der Waals surface area contributed by atoms with Crippen molar-refractivity contribution in [2.45, 2.75) is 6.92 Å². The first-order valence-corrected chi connectivity index (χ1v) is 5.34. The van der Waals surface area contributed by atoms with E-state index in [2.05, 4.69) is 42.8 Å². The average molecular weight is 211 g/mol. The number of benzene rings is 1. The SMILES string of the molecule is Cc1[se]c2ccccc2[n+]1C. The van der Waals surface area contributed by atoms with Gasteiger partial charge in [0, 0.05) is 0 Å². The number of hydrogen-bond acceptors (Lipinski definition) is 0. The summed E-state index contributed by atoms with van der Waals surface area (Å²) in [5, 5.41) is 0. The second kappa shape index (κ2) is 2.47. The van der Waals surface area contributed by atoms with Gasteiger partial charge in [0.15, 0.2) is 0 Å². The molecule has 0 atom stereocenters. The van der Waals surface area contributed by atoms with Crippen molar-refractivity contribution in [2.75, 3.05) is 0 Å². The molecule has 0 bridgehead atoms. The maximum absolute atomic E-state index is 2.29. The van der Waals surface area contributed by atoms with Crippen LogP contribution in [-0.2, 0) is 7.05 Å². The summed E-state index contributed by atoms with van der Waals surface area (Å²) in [5.74, 6) is 0. The van der Waals surface area contributed by atoms with E-state index >= 15 is 0 Å². The molecule has 0 aliphatic carbocycles. The van der Waals surface area contributed by atoms with E-state index in [0.29, 0.717) is 14.5 Å². The molecule has 0 saturated carbocycles. The summed E-state index contributed by atoms with van der Waals surface area (Å²) >= 11 is 0.575. The van der Waals surface area contributed by atoms with Crippen LogP contribution >= 0.6 is 0 Å². The second-order valence-electron chi connectivity index (χ2n) is 2.65. The first kappa shape index (κ1) is 7.08. The van der Waals surface area contributed by atoms with Crippen LogP contribution < -0.4 is 4.57 Å². The molecule has 0 spiro atoms. The summed E-state index contributed by atoms with van der Waals surface area (Å²) in [7, 11) is 2.14. The number of aromatic nitrogens is 1. The fourth-order valence-corrected chi connectivity index (χ4v) is 3.34. The molecule has 2 rings (SSSR count). The molecular weight excluding hydrogens is 201 g/mol. The third-order valence-corrected chi connectivity index (χ3v) is 4.34. The Kier molecular flexibility index (Phi) is 1.59. The van der Waals surface area contributed by atoms with Crippen molar-refractivity contribution >= 4 is 24.3 Å². The molecule has 56 valence electrons. The Morgan fingerprint density at radius 3 is 2.73 bits per heavy atom. The first-order valence-electron chi connectivity index (χ1n) is 3.63. The molecule has 0 aliphatic heterocycles. The van der Waals surface area contributed by atoms with Crippen LogP contribution in [0.2, 0.25) is 0 Å². The van der Waals surface area contributed by atoms with Gasteiger partial charge in [-0.05, 0) is 0 Å². The molecule has 1 nitrogen and oxygen atoms in total. The second-order valence-corrected chi connectivity index (χ2v) is 5.24. The van der Waals surface area contributed by atoms with Crippen LogP contribution in [0, 0.1) is 6.92 Å². The van der Waals surface area contributed by atoms with Gasteiger partial charge in [0.1, 0.15) is 0 Å². The molecular formula is C9H10NSe+. The molecule has 0 unspecified atom stereocenters. The Morgan fingerprint density at radius 2 is 2.00 bits per heavy atom. The van der Waals surface area contributed by atoms with Gasteiger partial charge in [-0.1, -0.05) is 0 Å². The third-order valence-electron chi connectivity index (χ3n) is 1.96. The molecule has 1 heterocycles. The summed E-state index contributed by atoms with van der Waals surface area (Å²) in [6, 6.07) is 8.63. The van der Waals surface area contributed by atoms with Crippen LogP contribution in [0.1, 0.15) is 4.57 Å². The zero-order valence-electron chi connectivity index (χ0n) is 6.66. The Bertz CT molecular complexity index is 389. The van der Waals surface area contributed by atoms with Crippen LogP contribution in [0.25, 0.3) is 9.78 Å². The van der Waals surface area contributed by atoms with Gasteiger partial charge in [-0.3, -0.25) is 0 Å². The normalized spacial score (nSPS) is 10.7. The monoisotopic (exact) mass is 212 g/mol. The summed E-state index contributed by atoms with van der Waals surface area (Å²) in [6.07, 6.45) is 0. The zero-order valence-corrected chi connectivity index (χ0v) is 8.38. The van der Waals surface area contributed by atoms with Crippen LogP contribution in [0.5, 0.6) is 0 Å². The van der Waals surface area contributed by atoms with E-state index in [4.69, 9.17) is 0 Å². The zero-order chi connectivity index (χ0) is 7.84. The van der Waals surface area contributed by atoms with Gasteiger partial charge in [0.05, 0.1) is 0 Å². The van der Waals surface area contributed by atoms with Gasteiger partial charge in [0.2, 0.25) is 0 Å². The molecule has 2 aromatic rings. The van der Waals surface area contributed by atoms with Crippen molar-refractivity contribution in [1.29, 1.82) is 0 Å². The topological polar surface area (TPSA) is 3.88 Å². The third kappa shape index (κ3) is 1.03. The number of aryl methyl sites for hydroxylation is 2. The summed E-state index contributed by atoms with van der Waals surface area (Å²) < 4.78 is 5.30. The van der Waals surface area contributed by atoms with Crippen molar-refractivity contribution in [3.63, 3.8) is 0 Å². The number of fused-ring (bicyclic) bond motifs is 1. The van der Waals surface area contributed by atoms with E-state index in [1.807, 2.05) is 0 Å². The maximum atomic E-state index is 2.29. The van der Waals surface area contributed by atoms with Crippen molar-refractivity contribution in [2.24, 2.45) is 7.05 Å². The molecule has 1 aromatic carbocycles. The van der Waals surface area contributed by atoms with Gasteiger partial charge >= 0.3 is 71.7 Å². The standard InChI is InChI=1S/C9H10NSe/c1-7-10(2)8-5-3-4-6-9(8)11-7/h3-6H,1-2H3/q+1.